The second-order valence-electron chi connectivity index (χ2n) is 18.0. The highest BCUT2D eigenvalue weighted by Crippen LogP contribution is 2.70. The largest absolute Gasteiger partial charge is 0.514 e. The SMILES string of the molecule is C/C=C1\C=C[C@@]2(C)C(=C1)CC[C@@H]1[C@@H]2[C@@H](O)C[C@@]2(C)[C@H]1C[C@H]1O[C@@H](c3ccc(Cc4cccc(NC(=O)[C@H](CCC(=O)O)NC(=O)CNC(=O)OC(=O)O)c4)cc3)O[C@]12C(=O)COP(=O)(O)O. The standard InChI is InChI=1S/C46H54N3O16P/c1-4-25-16-17-44(2)29(19-25)12-13-31-32-21-36-46(35(51)24-62-66(59,60)61,45(32,3)22-34(50)39(31)44)65-41(63-36)28-10-8-26(9-11-28)18-27-6-5-7-30(20-27)48-40(55)33(14-15-38(53)54)49-37(52)23-47-42(56)64-43(57)58/h4-11,16-17,19-20,31-34,36,39,41,50H,12-15,18,21-24H2,1-3H3,(H,47,56)(H,48,55)(H,49,52)(H,53,54)(H,57,58)(H2,59,60,61)/b25-4+/t31-,32-,33-,34-,36+,39+,41+,44-,45-,46+/m0/s1. The number of carboxylic acid groups (broad SMARTS) is 2. The first-order valence-electron chi connectivity index (χ1n) is 21.7. The third-order valence-electron chi connectivity index (χ3n) is 14.1. The lowest BCUT2D eigenvalue weighted by Gasteiger charge is -2.60. The lowest BCUT2D eigenvalue weighted by Crippen LogP contribution is -2.63. The molecule has 20 heteroatoms. The molecule has 0 aromatic heterocycles. The number of nitrogens with one attached hydrogen (secondary N) is 3. The van der Waals surface area contributed by atoms with Crippen LogP contribution in [0.15, 0.2) is 84.0 Å². The van der Waals surface area contributed by atoms with Crippen molar-refractivity contribution >= 4 is 49.3 Å². The van der Waals surface area contributed by atoms with Gasteiger partial charge in [0.25, 0.3) is 0 Å². The normalized spacial score (nSPS) is 30.7. The average molecular weight is 936 g/mol. The van der Waals surface area contributed by atoms with Gasteiger partial charge in [-0.15, -0.1) is 0 Å². The van der Waals surface area contributed by atoms with Crippen molar-refractivity contribution in [1.29, 1.82) is 0 Å². The Morgan fingerprint density at radius 2 is 1.77 bits per heavy atom. The van der Waals surface area contributed by atoms with Crippen LogP contribution in [0.5, 0.6) is 0 Å². The zero-order valence-corrected chi connectivity index (χ0v) is 37.4. The number of fused-ring (bicyclic) bond motifs is 7. The first-order valence-corrected chi connectivity index (χ1v) is 23.2. The van der Waals surface area contributed by atoms with Crippen molar-refractivity contribution in [3.8, 4) is 0 Å². The van der Waals surface area contributed by atoms with E-state index in [4.69, 9.17) is 19.1 Å². The summed E-state index contributed by atoms with van der Waals surface area (Å²) in [6.07, 6.45) is 4.45. The molecule has 1 aliphatic heterocycles. The predicted octanol–water partition coefficient (Wildman–Crippen LogP) is 5.07. The van der Waals surface area contributed by atoms with Crippen LogP contribution < -0.4 is 16.0 Å². The number of phosphoric ester groups is 1. The number of hydrogen-bond acceptors (Lipinski definition) is 12. The van der Waals surface area contributed by atoms with Crippen LogP contribution in [-0.4, -0.2) is 97.9 Å². The van der Waals surface area contributed by atoms with Crippen molar-refractivity contribution in [2.75, 3.05) is 18.5 Å². The Balaban J connectivity index is 1.05. The quantitative estimate of drug-likeness (QED) is 0.0657. The highest BCUT2D eigenvalue weighted by atomic mass is 31.2. The average Bonchev–Trinajstić information content (AvgIpc) is 3.75. The van der Waals surface area contributed by atoms with E-state index >= 15 is 0 Å². The summed E-state index contributed by atoms with van der Waals surface area (Å²) in [5.41, 5.74) is 1.85. The minimum Gasteiger partial charge on any atom is -0.481 e. The number of carbonyl (C=O) groups is 6. The molecule has 0 unspecified atom stereocenters. The number of allylic oxidation sites excluding steroid dienone is 6. The minimum atomic E-state index is -5.04. The van der Waals surface area contributed by atoms with E-state index in [1.54, 1.807) is 30.3 Å². The van der Waals surface area contributed by atoms with Gasteiger partial charge in [-0.1, -0.05) is 80.1 Å². The van der Waals surface area contributed by atoms with Crippen LogP contribution in [-0.2, 0) is 48.9 Å². The summed E-state index contributed by atoms with van der Waals surface area (Å²) >= 11 is 0. The fourth-order valence-electron chi connectivity index (χ4n) is 11.3. The highest BCUT2D eigenvalue weighted by molar-refractivity contribution is 7.46. The number of carboxylic acids is 1. The molecule has 5 aliphatic rings. The molecule has 66 heavy (non-hydrogen) atoms. The van der Waals surface area contributed by atoms with Gasteiger partial charge in [0, 0.05) is 34.4 Å². The molecule has 1 saturated heterocycles. The Morgan fingerprint density at radius 3 is 2.45 bits per heavy atom. The summed E-state index contributed by atoms with van der Waals surface area (Å²) in [5, 5.41) is 36.8. The second-order valence-corrected chi connectivity index (χ2v) is 19.2. The number of Topliss-reactive ketones (excluding diaryl/α,β-unsaturated/α-hetero) is 1. The summed E-state index contributed by atoms with van der Waals surface area (Å²) in [6.45, 7) is 4.43. The molecule has 3 saturated carbocycles. The summed E-state index contributed by atoms with van der Waals surface area (Å²) in [7, 11) is -5.04. The van der Waals surface area contributed by atoms with Gasteiger partial charge in [0.15, 0.2) is 17.7 Å². The molecule has 0 spiro atoms. The van der Waals surface area contributed by atoms with Gasteiger partial charge in [0.1, 0.15) is 19.2 Å². The van der Waals surface area contributed by atoms with Gasteiger partial charge in [-0.2, -0.15) is 0 Å². The third-order valence-corrected chi connectivity index (χ3v) is 14.6. The number of ether oxygens (including phenoxy) is 3. The molecule has 10 atom stereocenters. The van der Waals surface area contributed by atoms with Crippen LogP contribution in [0.25, 0.3) is 0 Å². The Hall–Kier alpha value is -5.53. The first-order chi connectivity index (χ1) is 31.1. The van der Waals surface area contributed by atoms with E-state index in [-0.39, 0.29) is 30.6 Å². The van der Waals surface area contributed by atoms with E-state index in [1.807, 2.05) is 37.4 Å². The van der Waals surface area contributed by atoms with Crippen molar-refractivity contribution in [3.63, 3.8) is 0 Å². The highest BCUT2D eigenvalue weighted by Gasteiger charge is 2.76. The zero-order valence-electron chi connectivity index (χ0n) is 36.5. The lowest BCUT2D eigenvalue weighted by molar-refractivity contribution is -0.200. The first kappa shape index (κ1) is 48.4. The van der Waals surface area contributed by atoms with E-state index in [2.05, 4.69) is 46.6 Å². The van der Waals surface area contributed by atoms with Crippen molar-refractivity contribution < 1.29 is 77.2 Å². The number of benzene rings is 2. The fourth-order valence-corrected chi connectivity index (χ4v) is 11.5. The number of alkyl carbamates (subject to hydrolysis) is 1. The summed E-state index contributed by atoms with van der Waals surface area (Å²) in [5.74, 6) is -3.77. The number of amides is 3. The summed E-state index contributed by atoms with van der Waals surface area (Å²) in [6, 6.07) is 12.7. The van der Waals surface area contributed by atoms with Gasteiger partial charge in [0.2, 0.25) is 11.8 Å². The number of rotatable bonds is 15. The molecule has 4 fully saturated rings. The maximum Gasteiger partial charge on any atom is 0.514 e. The minimum absolute atomic E-state index is 0.00119. The topological polar surface area (TPSA) is 294 Å². The van der Waals surface area contributed by atoms with Gasteiger partial charge < -0.3 is 55.3 Å². The number of ketones is 1. The van der Waals surface area contributed by atoms with Crippen molar-refractivity contribution in [1.82, 2.24) is 10.6 Å². The van der Waals surface area contributed by atoms with E-state index in [9.17, 15) is 53.3 Å². The van der Waals surface area contributed by atoms with Crippen molar-refractivity contribution in [3.05, 3.63) is 101 Å². The molecule has 19 nitrogen and oxygen atoms in total. The van der Waals surface area contributed by atoms with E-state index in [1.165, 1.54) is 5.57 Å². The molecule has 354 valence electrons. The van der Waals surface area contributed by atoms with E-state index < -0.39 is 104 Å². The van der Waals surface area contributed by atoms with Crippen molar-refractivity contribution in [2.24, 2.45) is 28.6 Å². The van der Waals surface area contributed by atoms with Gasteiger partial charge in [-0.3, -0.25) is 23.7 Å². The molecule has 7 rings (SSSR count). The summed E-state index contributed by atoms with van der Waals surface area (Å²) < 4.78 is 33.9. The Labute approximate surface area is 379 Å². The van der Waals surface area contributed by atoms with Crippen LogP contribution in [0.3, 0.4) is 0 Å². The predicted molar refractivity (Wildman–Crippen MR) is 232 cm³/mol. The number of anilines is 1. The Bertz CT molecular complexity index is 2410. The number of hydrogen-bond donors (Lipinski definition) is 8. The third kappa shape index (κ3) is 9.79. The zero-order chi connectivity index (χ0) is 47.8. The van der Waals surface area contributed by atoms with Gasteiger partial charge in [-0.05, 0) is 86.1 Å². The Kier molecular flexibility index (Phi) is 13.9. The molecule has 0 radical (unpaired) electrons. The van der Waals surface area contributed by atoms with Crippen LogP contribution in [0.2, 0.25) is 0 Å². The molecule has 3 amide bonds. The van der Waals surface area contributed by atoms with E-state index in [0.717, 1.165) is 29.5 Å². The number of aliphatic hydroxyl groups excluding tert-OH is 1. The van der Waals surface area contributed by atoms with E-state index in [0.29, 0.717) is 24.1 Å². The summed E-state index contributed by atoms with van der Waals surface area (Å²) in [4.78, 5) is 92.5. The number of aliphatic carboxylic acids is 1. The van der Waals surface area contributed by atoms with Crippen LogP contribution in [0, 0.1) is 28.6 Å². The van der Waals surface area contributed by atoms with Crippen LogP contribution >= 0.6 is 7.82 Å². The van der Waals surface area contributed by atoms with Crippen molar-refractivity contribution in [2.45, 2.75) is 95.9 Å². The van der Waals surface area contributed by atoms with Gasteiger partial charge in [0.05, 0.1) is 12.2 Å². The second kappa shape index (κ2) is 19.0. The number of carbonyl (C=O) groups excluding carboxylic acids is 4. The maximum absolute atomic E-state index is 14.4. The Morgan fingerprint density at radius 1 is 1.03 bits per heavy atom. The molecular formula is C46H54N3O16P. The molecular weight excluding hydrogens is 881 g/mol. The molecule has 1 heterocycles. The monoisotopic (exact) mass is 935 g/mol. The molecule has 0 bridgehead atoms. The number of phosphoric acid groups is 1. The fraction of sp³-hybridized carbons (Fsp3) is 0.478. The lowest BCUT2D eigenvalue weighted by atomic mass is 9.46. The van der Waals surface area contributed by atoms with Gasteiger partial charge >= 0.3 is 26.0 Å². The van der Waals surface area contributed by atoms with Gasteiger partial charge in [-0.25, -0.2) is 14.2 Å². The molecule has 8 N–H and O–H groups in total. The van der Waals surface area contributed by atoms with Crippen LogP contribution in [0.1, 0.15) is 82.3 Å². The molecule has 2 aromatic carbocycles. The maximum atomic E-state index is 14.4. The number of aliphatic hydroxyl groups is 1. The molecule has 4 aliphatic carbocycles. The van der Waals surface area contributed by atoms with Crippen LogP contribution in [0.4, 0.5) is 15.3 Å². The molecule has 2 aromatic rings. The smallest absolute Gasteiger partial charge is 0.481 e.